The number of nitrogens with zero attached hydrogens (tertiary/aromatic N) is 1. The molecule has 102 valence electrons. The molecular weight excluding hydrogens is 252 g/mol. The Morgan fingerprint density at radius 3 is 2.89 bits per heavy atom. The molecule has 0 aliphatic carbocycles. The molecule has 0 aliphatic heterocycles. The summed E-state index contributed by atoms with van der Waals surface area (Å²) < 4.78 is 6.76. The molecule has 0 saturated heterocycles. The van der Waals surface area contributed by atoms with Gasteiger partial charge in [-0.3, -0.25) is 14.3 Å². The van der Waals surface area contributed by atoms with E-state index >= 15 is 0 Å². The van der Waals surface area contributed by atoms with E-state index in [1.165, 1.54) is 23.6 Å². The number of hydrogen-bond donors (Lipinski definition) is 1. The molecule has 1 N–H and O–H groups in total. The molecular formula is C12H20N2O3S. The summed E-state index contributed by atoms with van der Waals surface area (Å²) >= 11 is 1.85. The van der Waals surface area contributed by atoms with E-state index in [4.69, 9.17) is 4.74 Å². The topological polar surface area (TPSA) is 64.1 Å². The number of unbranched alkanes of at least 4 members (excludes halogenated alkanes) is 1. The Hall–Kier alpha value is -1.01. The number of nitrogens with one attached hydrogen (secondary N) is 1. The first-order valence-corrected chi connectivity index (χ1v) is 7.26. The summed E-state index contributed by atoms with van der Waals surface area (Å²) in [5, 5.41) is 0. The number of aromatic amines is 1. The molecule has 0 saturated carbocycles. The van der Waals surface area contributed by atoms with Crippen molar-refractivity contribution in [1.29, 1.82) is 0 Å². The number of ether oxygens (including phenoxy) is 1. The molecule has 0 fully saturated rings. The van der Waals surface area contributed by atoms with Crippen LogP contribution in [0.2, 0.25) is 0 Å². The van der Waals surface area contributed by atoms with Crippen LogP contribution in [0.15, 0.2) is 15.8 Å². The number of H-pyrrole nitrogens is 1. The quantitative estimate of drug-likeness (QED) is 0.726. The van der Waals surface area contributed by atoms with E-state index in [9.17, 15) is 9.59 Å². The fraction of sp³-hybridized carbons (Fsp3) is 0.667. The van der Waals surface area contributed by atoms with Gasteiger partial charge in [-0.25, -0.2) is 4.79 Å². The van der Waals surface area contributed by atoms with Crippen molar-refractivity contribution < 1.29 is 4.74 Å². The van der Waals surface area contributed by atoms with Crippen molar-refractivity contribution >= 4 is 11.8 Å². The smallest absolute Gasteiger partial charge is 0.330 e. The van der Waals surface area contributed by atoms with Gasteiger partial charge in [0.15, 0.2) is 0 Å². The van der Waals surface area contributed by atoms with Crippen molar-refractivity contribution in [1.82, 2.24) is 9.55 Å². The van der Waals surface area contributed by atoms with Crippen molar-refractivity contribution in [2.45, 2.75) is 33.4 Å². The molecule has 1 aromatic heterocycles. The molecule has 5 nitrogen and oxygen atoms in total. The van der Waals surface area contributed by atoms with Crippen LogP contribution in [0, 0.1) is 6.92 Å². The van der Waals surface area contributed by atoms with Gasteiger partial charge in [0.05, 0.1) is 6.61 Å². The van der Waals surface area contributed by atoms with Gasteiger partial charge >= 0.3 is 5.69 Å². The zero-order chi connectivity index (χ0) is 13.4. The van der Waals surface area contributed by atoms with Gasteiger partial charge in [-0.15, -0.1) is 0 Å². The van der Waals surface area contributed by atoms with Crippen LogP contribution < -0.4 is 11.2 Å². The van der Waals surface area contributed by atoms with Crippen LogP contribution in [0.5, 0.6) is 0 Å². The van der Waals surface area contributed by atoms with Gasteiger partial charge < -0.3 is 4.74 Å². The summed E-state index contributed by atoms with van der Waals surface area (Å²) in [5.41, 5.74) is -0.258. The summed E-state index contributed by atoms with van der Waals surface area (Å²) in [6.07, 6.45) is 3.95. The Kier molecular flexibility index (Phi) is 6.82. The highest BCUT2D eigenvalue weighted by Crippen LogP contribution is 2.03. The second-order valence-corrected chi connectivity index (χ2v) is 5.27. The van der Waals surface area contributed by atoms with Crippen LogP contribution in [0.1, 0.15) is 25.3 Å². The summed E-state index contributed by atoms with van der Waals surface area (Å²) in [6.45, 7) is 4.63. The first-order valence-electron chi connectivity index (χ1n) is 6.11. The third-order valence-corrected chi connectivity index (χ3v) is 3.47. The SMILES string of the molecule is CCCCSCCOCn1cc(C)c(=O)[nH]c1=O. The van der Waals surface area contributed by atoms with E-state index in [-0.39, 0.29) is 12.3 Å². The third kappa shape index (κ3) is 5.10. The highest BCUT2D eigenvalue weighted by atomic mass is 32.2. The Morgan fingerprint density at radius 1 is 1.39 bits per heavy atom. The molecule has 1 heterocycles. The lowest BCUT2D eigenvalue weighted by Crippen LogP contribution is -2.31. The highest BCUT2D eigenvalue weighted by Gasteiger charge is 2.00. The average molecular weight is 272 g/mol. The summed E-state index contributed by atoms with van der Waals surface area (Å²) in [6, 6.07) is 0. The number of aryl methyl sites for hydroxylation is 1. The van der Waals surface area contributed by atoms with E-state index < -0.39 is 5.69 Å². The minimum atomic E-state index is -0.427. The van der Waals surface area contributed by atoms with Crippen molar-refractivity contribution in [2.75, 3.05) is 18.1 Å². The van der Waals surface area contributed by atoms with E-state index in [0.717, 1.165) is 11.5 Å². The predicted octanol–water partition coefficient (Wildman–Crippen LogP) is 1.35. The normalized spacial score (nSPS) is 10.8. The first kappa shape index (κ1) is 15.0. The maximum atomic E-state index is 11.4. The number of thioether (sulfide) groups is 1. The summed E-state index contributed by atoms with van der Waals surface area (Å²) in [4.78, 5) is 24.8. The van der Waals surface area contributed by atoms with E-state index in [1.807, 2.05) is 11.8 Å². The molecule has 0 aliphatic rings. The van der Waals surface area contributed by atoms with Gasteiger partial charge in [0.25, 0.3) is 5.56 Å². The number of aromatic nitrogens is 2. The Morgan fingerprint density at radius 2 is 2.17 bits per heavy atom. The predicted molar refractivity (Wildman–Crippen MR) is 74.2 cm³/mol. The van der Waals surface area contributed by atoms with Crippen molar-refractivity contribution in [3.63, 3.8) is 0 Å². The van der Waals surface area contributed by atoms with Crippen LogP contribution in [-0.2, 0) is 11.5 Å². The summed E-state index contributed by atoms with van der Waals surface area (Å²) in [5.74, 6) is 2.08. The highest BCUT2D eigenvalue weighted by molar-refractivity contribution is 7.99. The largest absolute Gasteiger partial charge is 0.360 e. The molecule has 0 amide bonds. The van der Waals surface area contributed by atoms with Crippen molar-refractivity contribution in [2.24, 2.45) is 0 Å². The molecule has 0 atom stereocenters. The van der Waals surface area contributed by atoms with Gasteiger partial charge in [0, 0.05) is 17.5 Å². The van der Waals surface area contributed by atoms with Gasteiger partial charge in [-0.1, -0.05) is 13.3 Å². The van der Waals surface area contributed by atoms with E-state index in [2.05, 4.69) is 11.9 Å². The molecule has 0 unspecified atom stereocenters. The molecule has 0 spiro atoms. The van der Waals surface area contributed by atoms with E-state index in [0.29, 0.717) is 12.2 Å². The van der Waals surface area contributed by atoms with Gasteiger partial charge in [-0.2, -0.15) is 11.8 Å². The van der Waals surface area contributed by atoms with Gasteiger partial charge in [-0.05, 0) is 19.1 Å². The molecule has 1 rings (SSSR count). The minimum absolute atomic E-state index is 0.185. The molecule has 6 heteroatoms. The van der Waals surface area contributed by atoms with Gasteiger partial charge in [0.2, 0.25) is 0 Å². The van der Waals surface area contributed by atoms with Crippen molar-refractivity contribution in [3.05, 3.63) is 32.6 Å². The van der Waals surface area contributed by atoms with Crippen molar-refractivity contribution in [3.8, 4) is 0 Å². The molecule has 0 aromatic carbocycles. The second-order valence-electron chi connectivity index (χ2n) is 4.04. The molecule has 1 aromatic rings. The minimum Gasteiger partial charge on any atom is -0.360 e. The summed E-state index contributed by atoms with van der Waals surface area (Å²) in [7, 11) is 0. The zero-order valence-electron chi connectivity index (χ0n) is 10.9. The van der Waals surface area contributed by atoms with Crippen LogP contribution in [0.25, 0.3) is 0 Å². The monoisotopic (exact) mass is 272 g/mol. The molecule has 18 heavy (non-hydrogen) atoms. The van der Waals surface area contributed by atoms with Crippen LogP contribution in [0.3, 0.4) is 0 Å². The lowest BCUT2D eigenvalue weighted by Gasteiger charge is -2.07. The third-order valence-electron chi connectivity index (χ3n) is 2.43. The fourth-order valence-corrected chi connectivity index (χ4v) is 2.28. The number of hydrogen-bond acceptors (Lipinski definition) is 4. The zero-order valence-corrected chi connectivity index (χ0v) is 11.7. The van der Waals surface area contributed by atoms with Crippen LogP contribution in [0.4, 0.5) is 0 Å². The maximum absolute atomic E-state index is 11.4. The maximum Gasteiger partial charge on any atom is 0.330 e. The van der Waals surface area contributed by atoms with E-state index in [1.54, 1.807) is 6.92 Å². The lowest BCUT2D eigenvalue weighted by atomic mass is 10.4. The molecule has 0 radical (unpaired) electrons. The first-order chi connectivity index (χ1) is 8.65. The van der Waals surface area contributed by atoms with Gasteiger partial charge in [0.1, 0.15) is 6.73 Å². The lowest BCUT2D eigenvalue weighted by molar-refractivity contribution is 0.0862. The molecule has 0 bridgehead atoms. The second kappa shape index (κ2) is 8.16. The van der Waals surface area contributed by atoms with Crippen LogP contribution >= 0.6 is 11.8 Å². The standard InChI is InChI=1S/C12H20N2O3S/c1-3-4-6-18-7-5-17-9-14-8-10(2)11(15)13-12(14)16/h8H,3-7,9H2,1-2H3,(H,13,15,16). The Bertz CT molecular complexity index is 467. The average Bonchev–Trinajstić information content (AvgIpc) is 2.34. The number of rotatable bonds is 8. The Balaban J connectivity index is 2.30. The Labute approximate surface area is 111 Å². The fourth-order valence-electron chi connectivity index (χ4n) is 1.34. The van der Waals surface area contributed by atoms with Crippen LogP contribution in [-0.4, -0.2) is 27.7 Å².